The summed E-state index contributed by atoms with van der Waals surface area (Å²) < 4.78 is 15.6. The number of esters is 1. The number of ether oxygens (including phenoxy) is 3. The van der Waals surface area contributed by atoms with Gasteiger partial charge < -0.3 is 19.5 Å². The average molecular weight is 519 g/mol. The van der Waals surface area contributed by atoms with Gasteiger partial charge in [0.1, 0.15) is 5.00 Å². The largest absolute Gasteiger partial charge is 0.493 e. The van der Waals surface area contributed by atoms with Crippen LogP contribution in [0.1, 0.15) is 82.5 Å². The average Bonchev–Trinajstić information content (AvgIpc) is 3.19. The van der Waals surface area contributed by atoms with Gasteiger partial charge in [0.15, 0.2) is 16.6 Å². The third-order valence-electron chi connectivity index (χ3n) is 6.16. The van der Waals surface area contributed by atoms with E-state index in [1.54, 1.807) is 18.2 Å². The molecule has 1 aliphatic carbocycles. The highest BCUT2D eigenvalue weighted by molar-refractivity contribution is 7.80. The summed E-state index contributed by atoms with van der Waals surface area (Å²) in [4.78, 5) is 26.8. The van der Waals surface area contributed by atoms with Gasteiger partial charge >= 0.3 is 5.97 Å². The molecule has 0 fully saturated rings. The number of thiophene rings is 1. The van der Waals surface area contributed by atoms with E-state index >= 15 is 0 Å². The van der Waals surface area contributed by atoms with Gasteiger partial charge in [0.05, 0.1) is 26.9 Å². The maximum atomic E-state index is 12.8. The molecule has 2 N–H and O–H groups in total. The topological polar surface area (TPSA) is 85.9 Å². The zero-order valence-corrected chi connectivity index (χ0v) is 22.3. The van der Waals surface area contributed by atoms with Gasteiger partial charge in [0.2, 0.25) is 0 Å². The number of hydrogen-bond acceptors (Lipinski definition) is 7. The van der Waals surface area contributed by atoms with Crippen molar-refractivity contribution in [3.05, 3.63) is 39.8 Å². The molecule has 0 atom stereocenters. The van der Waals surface area contributed by atoms with Crippen LogP contribution < -0.4 is 20.1 Å². The number of benzene rings is 1. The number of fused-ring (bicyclic) bond motifs is 1. The summed E-state index contributed by atoms with van der Waals surface area (Å²) in [6, 6.07) is 4.88. The van der Waals surface area contributed by atoms with Gasteiger partial charge in [0.25, 0.3) is 5.91 Å². The number of nitrogens with one attached hydrogen (secondary N) is 2. The summed E-state index contributed by atoms with van der Waals surface area (Å²) in [6.45, 7) is 0. The molecule has 0 radical (unpaired) electrons. The van der Waals surface area contributed by atoms with Crippen molar-refractivity contribution in [3.8, 4) is 11.5 Å². The van der Waals surface area contributed by atoms with Crippen molar-refractivity contribution in [1.82, 2.24) is 5.32 Å². The Morgan fingerprint density at radius 2 is 1.51 bits per heavy atom. The van der Waals surface area contributed by atoms with Crippen LogP contribution in [0, 0.1) is 0 Å². The number of carbonyl (C=O) groups is 2. The van der Waals surface area contributed by atoms with Crippen molar-refractivity contribution in [2.75, 3.05) is 26.6 Å². The molecule has 1 heterocycles. The normalized spacial score (nSPS) is 14.5. The Kier molecular flexibility index (Phi) is 10.3. The second-order valence-electron chi connectivity index (χ2n) is 8.51. The first-order chi connectivity index (χ1) is 17.0. The Morgan fingerprint density at radius 3 is 2.14 bits per heavy atom. The maximum absolute atomic E-state index is 12.8. The lowest BCUT2D eigenvalue weighted by atomic mass is 9.97. The van der Waals surface area contributed by atoms with Crippen LogP contribution in [0.2, 0.25) is 0 Å². The van der Waals surface area contributed by atoms with Crippen LogP contribution in [0.3, 0.4) is 0 Å². The van der Waals surface area contributed by atoms with Gasteiger partial charge in [-0.1, -0.05) is 38.5 Å². The first-order valence-corrected chi connectivity index (χ1v) is 13.3. The Labute approximate surface area is 216 Å². The fourth-order valence-corrected chi connectivity index (χ4v) is 5.86. The molecule has 1 aromatic carbocycles. The lowest BCUT2D eigenvalue weighted by molar-refractivity contribution is 0.0601. The van der Waals surface area contributed by atoms with Crippen LogP contribution in [0.4, 0.5) is 5.00 Å². The van der Waals surface area contributed by atoms with Crippen molar-refractivity contribution in [1.29, 1.82) is 0 Å². The molecule has 0 saturated heterocycles. The fourth-order valence-electron chi connectivity index (χ4n) is 4.32. The van der Waals surface area contributed by atoms with E-state index < -0.39 is 5.91 Å². The standard InChI is InChI=1S/C26H34N2O5S2/c1-31-19-15-14-17(16-20(19)32-2)23(29)27-26(34)28-24-22(25(30)33-3)18-12-10-8-6-4-5-7-9-11-13-21(18)35-24/h14-16H,4-13H2,1-3H3,(H2,27,28,29,34). The molecule has 3 rings (SSSR count). The Hall–Kier alpha value is -2.65. The van der Waals surface area contributed by atoms with Crippen LogP contribution in [0.25, 0.3) is 0 Å². The quantitative estimate of drug-likeness (QED) is 0.377. The lowest BCUT2D eigenvalue weighted by Gasteiger charge is -2.12. The molecule has 0 spiro atoms. The van der Waals surface area contributed by atoms with Gasteiger partial charge in [-0.2, -0.15) is 0 Å². The van der Waals surface area contributed by atoms with Crippen molar-refractivity contribution in [2.24, 2.45) is 0 Å². The number of amides is 1. The van der Waals surface area contributed by atoms with Gasteiger partial charge in [-0.25, -0.2) is 4.79 Å². The predicted octanol–water partition coefficient (Wildman–Crippen LogP) is 5.90. The SMILES string of the molecule is COC(=O)c1c(NC(=S)NC(=O)c2ccc(OC)c(OC)c2)sc2c1CCCCCCCCCC2. The number of hydrogen-bond donors (Lipinski definition) is 2. The molecule has 2 aromatic rings. The summed E-state index contributed by atoms with van der Waals surface area (Å²) in [6.07, 6.45) is 11.3. The Balaban J connectivity index is 1.80. The first-order valence-electron chi connectivity index (χ1n) is 12.1. The number of carbonyl (C=O) groups excluding carboxylic acids is 2. The van der Waals surface area contributed by atoms with E-state index in [2.05, 4.69) is 10.6 Å². The molecule has 0 bridgehead atoms. The Bertz CT molecular complexity index is 1050. The zero-order valence-electron chi connectivity index (χ0n) is 20.7. The molecule has 7 nitrogen and oxygen atoms in total. The minimum atomic E-state index is -0.390. The number of rotatable bonds is 5. The number of thiocarbonyl (C=S) groups is 1. The van der Waals surface area contributed by atoms with E-state index in [0.29, 0.717) is 27.6 Å². The lowest BCUT2D eigenvalue weighted by Crippen LogP contribution is -2.34. The van der Waals surface area contributed by atoms with E-state index in [9.17, 15) is 9.59 Å². The molecule has 0 saturated carbocycles. The number of aryl methyl sites for hydroxylation is 1. The predicted molar refractivity (Wildman–Crippen MR) is 143 cm³/mol. The van der Waals surface area contributed by atoms with Gasteiger partial charge in [0, 0.05) is 10.4 Å². The van der Waals surface area contributed by atoms with Gasteiger partial charge in [-0.15, -0.1) is 11.3 Å². The number of methoxy groups -OCH3 is 3. The second-order valence-corrected chi connectivity index (χ2v) is 10.0. The fraction of sp³-hybridized carbons (Fsp3) is 0.500. The van der Waals surface area contributed by atoms with E-state index in [-0.39, 0.29) is 11.1 Å². The molecule has 35 heavy (non-hydrogen) atoms. The third-order valence-corrected chi connectivity index (χ3v) is 7.57. The molecule has 190 valence electrons. The van der Waals surface area contributed by atoms with Crippen LogP contribution in [0.15, 0.2) is 18.2 Å². The molecule has 1 aromatic heterocycles. The first kappa shape index (κ1) is 26.9. The molecule has 9 heteroatoms. The summed E-state index contributed by atoms with van der Waals surface area (Å²) >= 11 is 6.96. The smallest absolute Gasteiger partial charge is 0.341 e. The van der Waals surface area contributed by atoms with Gasteiger partial charge in [-0.3, -0.25) is 10.1 Å². The highest BCUT2D eigenvalue weighted by atomic mass is 32.1. The highest BCUT2D eigenvalue weighted by Crippen LogP contribution is 2.37. The molecule has 1 amide bonds. The van der Waals surface area contributed by atoms with E-state index in [1.165, 1.54) is 69.6 Å². The minimum absolute atomic E-state index is 0.118. The highest BCUT2D eigenvalue weighted by Gasteiger charge is 2.25. The molecule has 0 unspecified atom stereocenters. The maximum Gasteiger partial charge on any atom is 0.341 e. The van der Waals surface area contributed by atoms with Crippen molar-refractivity contribution in [2.45, 2.75) is 64.2 Å². The van der Waals surface area contributed by atoms with Crippen molar-refractivity contribution in [3.63, 3.8) is 0 Å². The number of anilines is 1. The van der Waals surface area contributed by atoms with E-state index in [1.807, 2.05) is 0 Å². The van der Waals surface area contributed by atoms with Crippen molar-refractivity contribution < 1.29 is 23.8 Å². The van der Waals surface area contributed by atoms with Crippen molar-refractivity contribution >= 4 is 45.5 Å². The van der Waals surface area contributed by atoms with Crippen LogP contribution >= 0.6 is 23.6 Å². The third kappa shape index (κ3) is 7.18. The summed E-state index contributed by atoms with van der Waals surface area (Å²) in [5.41, 5.74) is 1.96. The second kappa shape index (κ2) is 13.4. The molecule has 0 aliphatic heterocycles. The van der Waals surface area contributed by atoms with Gasteiger partial charge in [-0.05, 0) is 61.7 Å². The summed E-state index contributed by atoms with van der Waals surface area (Å²) in [7, 11) is 4.44. The molecule has 1 aliphatic rings. The van der Waals surface area contributed by atoms with Crippen LogP contribution in [-0.2, 0) is 17.6 Å². The zero-order chi connectivity index (χ0) is 25.2. The molecular formula is C26H34N2O5S2. The summed E-state index contributed by atoms with van der Waals surface area (Å²) in [5.74, 6) is 0.203. The minimum Gasteiger partial charge on any atom is -0.493 e. The summed E-state index contributed by atoms with van der Waals surface area (Å²) in [5, 5.41) is 6.53. The van der Waals surface area contributed by atoms with Crippen LogP contribution in [0.5, 0.6) is 11.5 Å². The van der Waals surface area contributed by atoms with E-state index in [4.69, 9.17) is 26.4 Å². The monoisotopic (exact) mass is 518 g/mol. The molecular weight excluding hydrogens is 484 g/mol. The Morgan fingerprint density at radius 1 is 0.886 bits per heavy atom. The van der Waals surface area contributed by atoms with E-state index in [0.717, 1.165) is 37.7 Å². The van der Waals surface area contributed by atoms with Crippen LogP contribution in [-0.4, -0.2) is 38.3 Å².